The zero-order chi connectivity index (χ0) is 46.1. The molecule has 0 saturated carbocycles. The van der Waals surface area contributed by atoms with Gasteiger partial charge in [-0.3, -0.25) is 29.0 Å². The fraction of sp³-hybridized carbons (Fsp3) is 0.500. The van der Waals surface area contributed by atoms with Gasteiger partial charge in [-0.05, 0) is 55.6 Å². The van der Waals surface area contributed by atoms with Crippen LogP contribution in [0.4, 0.5) is 18.0 Å². The highest BCUT2D eigenvalue weighted by molar-refractivity contribution is 8.13. The molecule has 21 heteroatoms. The van der Waals surface area contributed by atoms with Crippen molar-refractivity contribution in [2.24, 2.45) is 28.3 Å². The average Bonchev–Trinajstić information content (AvgIpc) is 3.18. The number of rotatable bonds is 22. The van der Waals surface area contributed by atoms with Crippen molar-refractivity contribution >= 4 is 58.5 Å². The Hall–Kier alpha value is -5.86. The van der Waals surface area contributed by atoms with E-state index in [1.165, 1.54) is 6.92 Å². The SMILES string of the molecule is CC(C)C[C@H](NC(=O)CNC(=O)[C@H](CC(C)C)NC(=O)OCc1ccccc1)C(=O)N[C@@H](C)C(=O)N[C@@H](CCCN=C(N)N)C(=O)SCc1ccccc1.O=C(O)C(F)(F)F. The molecule has 2 aromatic carbocycles. The summed E-state index contributed by atoms with van der Waals surface area (Å²) >= 11 is 1.07. The van der Waals surface area contributed by atoms with Gasteiger partial charge in [0.15, 0.2) is 5.96 Å². The molecule has 0 aliphatic carbocycles. The average molecular weight is 883 g/mol. The molecule has 17 nitrogen and oxygen atoms in total. The van der Waals surface area contributed by atoms with E-state index in [4.69, 9.17) is 26.1 Å². The lowest BCUT2D eigenvalue weighted by Gasteiger charge is -2.24. The first-order valence-corrected chi connectivity index (χ1v) is 20.3. The summed E-state index contributed by atoms with van der Waals surface area (Å²) in [4.78, 5) is 91.1. The molecule has 5 amide bonds. The van der Waals surface area contributed by atoms with Crippen molar-refractivity contribution in [1.82, 2.24) is 26.6 Å². The van der Waals surface area contributed by atoms with Crippen LogP contribution in [-0.2, 0) is 45.9 Å². The molecule has 0 saturated heterocycles. The van der Waals surface area contributed by atoms with E-state index in [0.29, 0.717) is 18.6 Å². The molecule has 61 heavy (non-hydrogen) atoms. The summed E-state index contributed by atoms with van der Waals surface area (Å²) in [7, 11) is 0. The molecule has 0 aliphatic rings. The van der Waals surface area contributed by atoms with Crippen LogP contribution >= 0.6 is 11.8 Å². The van der Waals surface area contributed by atoms with E-state index < -0.39 is 72.6 Å². The van der Waals surface area contributed by atoms with Crippen LogP contribution in [0, 0.1) is 11.8 Å². The molecule has 0 fully saturated rings. The number of alkyl carbamates (subject to hydrolysis) is 1. The molecular weight excluding hydrogens is 826 g/mol. The van der Waals surface area contributed by atoms with Crippen LogP contribution in [0.2, 0.25) is 0 Å². The standard InChI is InChI=1S/C38H56N8O7S.C2HF3O2/c1-24(2)19-30(46-38(52)53-22-27-13-8-6-9-14-27)34(49)42-21-32(47)44-31(20-25(3)4)35(50)43-26(5)33(48)45-29(17-12-18-41-37(39)40)36(51)54-23-28-15-10-7-11-16-28;3-2(4,5)1(6)7/h6-11,13-16,24-26,29-31H,12,17-23H2,1-5H3,(H,42,49)(H,43,50)(H,44,47)(H,45,48)(H,46,52)(H4,39,40,41);(H,6,7)/t26-,29-,30-,31-;/m0./s1. The lowest BCUT2D eigenvalue weighted by atomic mass is 10.0. The highest BCUT2D eigenvalue weighted by atomic mass is 32.2. The van der Waals surface area contributed by atoms with Crippen LogP contribution in [-0.4, -0.2) is 95.3 Å². The molecule has 0 aromatic heterocycles. The van der Waals surface area contributed by atoms with Gasteiger partial charge in [-0.2, -0.15) is 13.2 Å². The smallest absolute Gasteiger partial charge is 0.475 e. The Morgan fingerprint density at radius 1 is 0.738 bits per heavy atom. The topological polar surface area (TPSA) is 274 Å². The number of carboxylic acids is 1. The molecule has 0 radical (unpaired) electrons. The highest BCUT2D eigenvalue weighted by Gasteiger charge is 2.38. The number of carbonyl (C=O) groups is 7. The minimum atomic E-state index is -5.08. The van der Waals surface area contributed by atoms with Crippen LogP contribution in [0.1, 0.15) is 71.4 Å². The Balaban J connectivity index is 0.00000243. The minimum absolute atomic E-state index is 0.0184. The zero-order valence-corrected chi connectivity index (χ0v) is 35.6. The number of alkyl halides is 3. The Kier molecular flexibility index (Phi) is 24.2. The Morgan fingerprint density at radius 2 is 1.26 bits per heavy atom. The molecular formula is C40H57F3N8O9S. The lowest BCUT2D eigenvalue weighted by Crippen LogP contribution is -2.56. The van der Waals surface area contributed by atoms with Crippen LogP contribution in [0.25, 0.3) is 0 Å². The number of nitrogens with one attached hydrogen (secondary N) is 5. The van der Waals surface area contributed by atoms with Crippen molar-refractivity contribution in [2.45, 2.75) is 103 Å². The first kappa shape index (κ1) is 53.2. The summed E-state index contributed by atoms with van der Waals surface area (Å²) in [5, 5.41) is 20.0. The third-order valence-corrected chi connectivity index (χ3v) is 9.12. The molecule has 2 aromatic rings. The largest absolute Gasteiger partial charge is 0.490 e. The fourth-order valence-corrected chi connectivity index (χ4v) is 5.99. The molecule has 0 unspecified atom stereocenters. The van der Waals surface area contributed by atoms with Crippen molar-refractivity contribution < 1.29 is 56.6 Å². The first-order valence-electron chi connectivity index (χ1n) is 19.3. The van der Waals surface area contributed by atoms with Crippen molar-refractivity contribution in [3.05, 3.63) is 71.8 Å². The van der Waals surface area contributed by atoms with Gasteiger partial charge in [0.25, 0.3) is 0 Å². The number of benzene rings is 2. The monoisotopic (exact) mass is 882 g/mol. The second kappa shape index (κ2) is 27.8. The zero-order valence-electron chi connectivity index (χ0n) is 34.8. The van der Waals surface area contributed by atoms with E-state index in [1.54, 1.807) is 12.1 Å². The predicted octanol–water partition coefficient (Wildman–Crippen LogP) is 3.11. The maximum atomic E-state index is 13.4. The van der Waals surface area contributed by atoms with Crippen LogP contribution in [0.3, 0.4) is 0 Å². The number of thioether (sulfide) groups is 1. The molecule has 0 bridgehead atoms. The van der Waals surface area contributed by atoms with Gasteiger partial charge in [0.05, 0.1) is 12.6 Å². The van der Waals surface area contributed by atoms with Crippen molar-refractivity contribution in [2.75, 3.05) is 13.1 Å². The molecule has 2 rings (SSSR count). The Bertz CT molecular complexity index is 1750. The van der Waals surface area contributed by atoms with E-state index in [1.807, 2.05) is 76.2 Å². The molecule has 0 heterocycles. The number of hydrogen-bond donors (Lipinski definition) is 8. The van der Waals surface area contributed by atoms with E-state index in [2.05, 4.69) is 31.6 Å². The number of nitrogens with two attached hydrogens (primary N) is 2. The van der Waals surface area contributed by atoms with Crippen LogP contribution in [0.5, 0.6) is 0 Å². The molecule has 10 N–H and O–H groups in total. The molecule has 0 aliphatic heterocycles. The number of carboxylic acid groups (broad SMARTS) is 1. The quantitative estimate of drug-likeness (QED) is 0.0482. The number of aliphatic carboxylic acids is 1. The number of halogens is 3. The van der Waals surface area contributed by atoms with Gasteiger partial charge in [0.2, 0.25) is 28.7 Å². The number of ether oxygens (including phenoxy) is 1. The predicted molar refractivity (Wildman–Crippen MR) is 223 cm³/mol. The highest BCUT2D eigenvalue weighted by Crippen LogP contribution is 2.17. The van der Waals surface area contributed by atoms with E-state index in [-0.39, 0.29) is 48.9 Å². The van der Waals surface area contributed by atoms with E-state index in [9.17, 15) is 41.9 Å². The number of hydrogen-bond acceptors (Lipinski definition) is 10. The summed E-state index contributed by atoms with van der Waals surface area (Å²) in [6, 6.07) is 14.6. The maximum absolute atomic E-state index is 13.4. The van der Waals surface area contributed by atoms with Gasteiger partial charge < -0.3 is 47.9 Å². The van der Waals surface area contributed by atoms with Crippen molar-refractivity contribution in [3.63, 3.8) is 0 Å². The summed E-state index contributed by atoms with van der Waals surface area (Å²) in [6.45, 7) is 8.83. The first-order chi connectivity index (χ1) is 28.6. The summed E-state index contributed by atoms with van der Waals surface area (Å²) in [5.74, 6) is -4.83. The number of nitrogens with zero attached hydrogens (tertiary/aromatic N) is 1. The number of carbonyl (C=O) groups excluding carboxylic acids is 6. The summed E-state index contributed by atoms with van der Waals surface area (Å²) in [5.41, 5.74) is 12.6. The van der Waals surface area contributed by atoms with Gasteiger partial charge in [-0.15, -0.1) is 0 Å². The van der Waals surface area contributed by atoms with E-state index >= 15 is 0 Å². The fourth-order valence-electron chi connectivity index (χ4n) is 5.11. The molecule has 0 spiro atoms. The van der Waals surface area contributed by atoms with Gasteiger partial charge in [-0.1, -0.05) is 100 Å². The number of guanidine groups is 1. The second-order valence-corrected chi connectivity index (χ2v) is 15.5. The number of amides is 5. The van der Waals surface area contributed by atoms with Crippen molar-refractivity contribution in [3.8, 4) is 0 Å². The molecule has 4 atom stereocenters. The number of aliphatic imine (C=N–C) groups is 1. The molecule has 338 valence electrons. The van der Waals surface area contributed by atoms with Gasteiger partial charge in [0.1, 0.15) is 24.7 Å². The Labute approximate surface area is 357 Å². The van der Waals surface area contributed by atoms with Crippen molar-refractivity contribution in [1.29, 1.82) is 0 Å². The third kappa shape index (κ3) is 24.1. The van der Waals surface area contributed by atoms with Gasteiger partial charge >= 0.3 is 18.2 Å². The Morgan fingerprint density at radius 3 is 1.77 bits per heavy atom. The summed E-state index contributed by atoms with van der Waals surface area (Å²) < 4.78 is 37.0. The second-order valence-electron chi connectivity index (χ2n) is 14.5. The minimum Gasteiger partial charge on any atom is -0.475 e. The van der Waals surface area contributed by atoms with Gasteiger partial charge in [-0.25, -0.2) is 9.59 Å². The normalized spacial score (nSPS) is 12.9. The third-order valence-electron chi connectivity index (χ3n) is 8.08. The van der Waals surface area contributed by atoms with Gasteiger partial charge in [0, 0.05) is 12.3 Å². The maximum Gasteiger partial charge on any atom is 0.490 e. The van der Waals surface area contributed by atoms with Crippen LogP contribution < -0.4 is 38.1 Å². The van der Waals surface area contributed by atoms with Crippen LogP contribution in [0.15, 0.2) is 65.7 Å². The lowest BCUT2D eigenvalue weighted by molar-refractivity contribution is -0.192. The van der Waals surface area contributed by atoms with E-state index in [0.717, 1.165) is 22.9 Å². The summed E-state index contributed by atoms with van der Waals surface area (Å²) in [6.07, 6.45) is -4.63.